The van der Waals surface area contributed by atoms with Crippen molar-refractivity contribution in [3.8, 4) is 22.9 Å². The van der Waals surface area contributed by atoms with Crippen LogP contribution >= 0.6 is 0 Å². The lowest BCUT2D eigenvalue weighted by atomic mass is 10.1. The molecule has 2 aromatic carbocycles. The molecule has 1 unspecified atom stereocenters. The van der Waals surface area contributed by atoms with Crippen molar-refractivity contribution in [1.82, 2.24) is 9.78 Å². The second-order valence-electron chi connectivity index (χ2n) is 6.75. The zero-order valence-corrected chi connectivity index (χ0v) is 15.4. The molecule has 1 N–H and O–H groups in total. The molecule has 0 aliphatic carbocycles. The molecule has 146 valence electrons. The molecule has 0 saturated carbocycles. The van der Waals surface area contributed by atoms with Crippen molar-refractivity contribution in [2.24, 2.45) is 5.10 Å². The monoisotopic (exact) mass is 390 g/mol. The van der Waals surface area contributed by atoms with Crippen LogP contribution in [0.4, 0.5) is 5.69 Å². The van der Waals surface area contributed by atoms with Crippen LogP contribution in [0, 0.1) is 0 Å². The number of hydrogen-bond acceptors (Lipinski definition) is 7. The molecule has 3 heterocycles. The standard InChI is InChI=1S/C21H18N4O4/c26-16-3-1-2-14(12-16)24-9-7-18(27)21(23-24)17-6-8-22-25(17)15-4-5-19-20(13-15)29-11-10-28-19/h1-5,7-9,12-13,17,26H,6,10-11H2. The van der Waals surface area contributed by atoms with E-state index < -0.39 is 0 Å². The third kappa shape index (κ3) is 3.18. The lowest BCUT2D eigenvalue weighted by Gasteiger charge is -2.25. The van der Waals surface area contributed by atoms with Crippen LogP contribution in [0.3, 0.4) is 0 Å². The van der Waals surface area contributed by atoms with Crippen LogP contribution in [0.1, 0.15) is 18.2 Å². The molecule has 1 aromatic heterocycles. The van der Waals surface area contributed by atoms with Gasteiger partial charge in [0.25, 0.3) is 0 Å². The van der Waals surface area contributed by atoms with Gasteiger partial charge in [0, 0.05) is 37.0 Å². The van der Waals surface area contributed by atoms with Crippen LogP contribution in [0.15, 0.2) is 64.6 Å². The van der Waals surface area contributed by atoms with Gasteiger partial charge in [-0.15, -0.1) is 0 Å². The summed E-state index contributed by atoms with van der Waals surface area (Å²) >= 11 is 0. The number of benzene rings is 2. The van der Waals surface area contributed by atoms with Gasteiger partial charge in [-0.3, -0.25) is 9.80 Å². The highest BCUT2D eigenvalue weighted by Gasteiger charge is 2.29. The molecule has 5 rings (SSSR count). The summed E-state index contributed by atoms with van der Waals surface area (Å²) in [7, 11) is 0. The Hall–Kier alpha value is -3.81. The Labute approximate surface area is 166 Å². The van der Waals surface area contributed by atoms with Gasteiger partial charge in [-0.25, -0.2) is 4.68 Å². The van der Waals surface area contributed by atoms with Gasteiger partial charge in [-0.1, -0.05) is 6.07 Å². The van der Waals surface area contributed by atoms with Crippen LogP contribution in [-0.4, -0.2) is 34.3 Å². The van der Waals surface area contributed by atoms with Crippen molar-refractivity contribution < 1.29 is 14.6 Å². The van der Waals surface area contributed by atoms with E-state index in [2.05, 4.69) is 10.2 Å². The van der Waals surface area contributed by atoms with Crippen molar-refractivity contribution in [2.45, 2.75) is 12.5 Å². The van der Waals surface area contributed by atoms with Crippen molar-refractivity contribution in [2.75, 3.05) is 18.2 Å². The molecule has 2 aliphatic heterocycles. The molecule has 0 fully saturated rings. The van der Waals surface area contributed by atoms with E-state index in [1.165, 1.54) is 6.07 Å². The lowest BCUT2D eigenvalue weighted by molar-refractivity contribution is 0.171. The third-order valence-corrected chi connectivity index (χ3v) is 4.87. The largest absolute Gasteiger partial charge is 0.508 e. The predicted molar refractivity (Wildman–Crippen MR) is 107 cm³/mol. The average Bonchev–Trinajstić information content (AvgIpc) is 3.23. The summed E-state index contributed by atoms with van der Waals surface area (Å²) in [6.07, 6.45) is 3.92. The van der Waals surface area contributed by atoms with E-state index in [1.807, 2.05) is 24.3 Å². The van der Waals surface area contributed by atoms with Crippen LogP contribution in [-0.2, 0) is 0 Å². The quantitative estimate of drug-likeness (QED) is 0.740. The van der Waals surface area contributed by atoms with E-state index in [-0.39, 0.29) is 17.2 Å². The van der Waals surface area contributed by atoms with E-state index in [0.29, 0.717) is 42.5 Å². The normalized spacial score (nSPS) is 17.5. The summed E-state index contributed by atoms with van der Waals surface area (Å²) in [5, 5.41) is 20.5. The summed E-state index contributed by atoms with van der Waals surface area (Å²) in [6.45, 7) is 1.03. The first-order chi connectivity index (χ1) is 14.2. The Morgan fingerprint density at radius 3 is 2.72 bits per heavy atom. The minimum Gasteiger partial charge on any atom is -0.508 e. The Balaban J connectivity index is 1.52. The number of aromatic hydroxyl groups is 1. The van der Waals surface area contributed by atoms with E-state index >= 15 is 0 Å². The molecule has 0 spiro atoms. The van der Waals surface area contributed by atoms with Crippen LogP contribution in [0.2, 0.25) is 0 Å². The number of aromatic nitrogens is 2. The van der Waals surface area contributed by atoms with E-state index in [1.54, 1.807) is 40.3 Å². The summed E-state index contributed by atoms with van der Waals surface area (Å²) in [5.74, 6) is 1.49. The number of phenolic OH excluding ortho intramolecular Hbond substituents is 1. The Kier molecular flexibility index (Phi) is 4.16. The maximum Gasteiger partial charge on any atom is 0.205 e. The number of rotatable bonds is 3. The summed E-state index contributed by atoms with van der Waals surface area (Å²) in [6, 6.07) is 13.4. The molecule has 0 bridgehead atoms. The van der Waals surface area contributed by atoms with Crippen molar-refractivity contribution >= 4 is 11.9 Å². The van der Waals surface area contributed by atoms with Gasteiger partial charge in [0.1, 0.15) is 30.7 Å². The summed E-state index contributed by atoms with van der Waals surface area (Å²) in [4.78, 5) is 12.6. The van der Waals surface area contributed by atoms with Gasteiger partial charge >= 0.3 is 0 Å². The fourth-order valence-corrected chi connectivity index (χ4v) is 3.50. The minimum atomic E-state index is -0.338. The fourth-order valence-electron chi connectivity index (χ4n) is 3.50. The van der Waals surface area contributed by atoms with E-state index in [0.717, 1.165) is 5.69 Å². The first kappa shape index (κ1) is 17.3. The zero-order chi connectivity index (χ0) is 19.8. The molecule has 1 atom stereocenters. The molecule has 2 aliphatic rings. The van der Waals surface area contributed by atoms with Crippen molar-refractivity contribution in [3.05, 3.63) is 70.6 Å². The number of anilines is 1. The van der Waals surface area contributed by atoms with Gasteiger partial charge < -0.3 is 14.6 Å². The molecular weight excluding hydrogens is 372 g/mol. The minimum absolute atomic E-state index is 0.131. The molecule has 0 saturated heterocycles. The topological polar surface area (TPSA) is 89.2 Å². The number of hydrazone groups is 1. The van der Waals surface area contributed by atoms with Crippen molar-refractivity contribution in [3.63, 3.8) is 0 Å². The number of nitrogens with zero attached hydrogens (tertiary/aromatic N) is 4. The molecule has 29 heavy (non-hydrogen) atoms. The summed E-state index contributed by atoms with van der Waals surface area (Å²) < 4.78 is 12.8. The second kappa shape index (κ2) is 6.97. The van der Waals surface area contributed by atoms with Gasteiger partial charge in [0.05, 0.1) is 11.4 Å². The van der Waals surface area contributed by atoms with Crippen LogP contribution in [0.25, 0.3) is 5.69 Å². The highest BCUT2D eigenvalue weighted by molar-refractivity contribution is 5.69. The first-order valence-electron chi connectivity index (χ1n) is 9.30. The van der Waals surface area contributed by atoms with Gasteiger partial charge in [0.2, 0.25) is 5.43 Å². The highest BCUT2D eigenvalue weighted by atomic mass is 16.6. The highest BCUT2D eigenvalue weighted by Crippen LogP contribution is 2.38. The van der Waals surface area contributed by atoms with Gasteiger partial charge in [0.15, 0.2) is 11.5 Å². The Morgan fingerprint density at radius 2 is 1.86 bits per heavy atom. The average molecular weight is 390 g/mol. The third-order valence-electron chi connectivity index (χ3n) is 4.87. The fraction of sp³-hybridized carbons (Fsp3) is 0.190. The van der Waals surface area contributed by atoms with Gasteiger partial charge in [-0.2, -0.15) is 10.2 Å². The van der Waals surface area contributed by atoms with Crippen LogP contribution in [0.5, 0.6) is 17.2 Å². The zero-order valence-electron chi connectivity index (χ0n) is 15.4. The lowest BCUT2D eigenvalue weighted by Crippen LogP contribution is -2.27. The molecule has 0 radical (unpaired) electrons. The maximum atomic E-state index is 12.6. The van der Waals surface area contributed by atoms with Gasteiger partial charge in [-0.05, 0) is 24.3 Å². The second-order valence-corrected chi connectivity index (χ2v) is 6.75. The molecule has 8 heteroatoms. The smallest absolute Gasteiger partial charge is 0.205 e. The molecular formula is C21H18N4O4. The van der Waals surface area contributed by atoms with E-state index in [4.69, 9.17) is 9.47 Å². The first-order valence-corrected chi connectivity index (χ1v) is 9.30. The Bertz CT molecular complexity index is 1160. The number of phenols is 1. The van der Waals surface area contributed by atoms with E-state index in [9.17, 15) is 9.90 Å². The molecule has 8 nitrogen and oxygen atoms in total. The SMILES string of the molecule is O=c1ccn(-c2cccc(O)c2)nc1C1CC=NN1c1ccc2c(c1)OCCO2. The number of fused-ring (bicyclic) bond motifs is 1. The van der Waals surface area contributed by atoms with Crippen LogP contribution < -0.4 is 19.9 Å². The summed E-state index contributed by atoms with van der Waals surface area (Å²) in [5.41, 5.74) is 1.67. The van der Waals surface area contributed by atoms with Crippen molar-refractivity contribution in [1.29, 1.82) is 0 Å². The maximum absolute atomic E-state index is 12.6. The molecule has 3 aromatic rings. The predicted octanol–water partition coefficient (Wildman–Crippen LogP) is 2.65. The molecule has 0 amide bonds. The number of ether oxygens (including phenoxy) is 2. The Morgan fingerprint density at radius 1 is 1.00 bits per heavy atom. The number of hydrogen-bond donors (Lipinski definition) is 1.